The Bertz CT molecular complexity index is 578. The molecule has 2 aromatic rings. The highest BCUT2D eigenvalue weighted by Crippen LogP contribution is 2.48. The number of aromatic carboxylic acids is 1. The smallest absolute Gasteiger partial charge is 0.372 e. The van der Waals surface area contributed by atoms with Gasteiger partial charge in [0.1, 0.15) is 11.3 Å². The van der Waals surface area contributed by atoms with Crippen molar-refractivity contribution < 1.29 is 19.4 Å². The molecule has 0 amide bonds. The number of hydrogen-bond acceptors (Lipinski definition) is 3. The van der Waals surface area contributed by atoms with Crippen molar-refractivity contribution in [3.63, 3.8) is 0 Å². The van der Waals surface area contributed by atoms with Gasteiger partial charge in [0.25, 0.3) is 0 Å². The van der Waals surface area contributed by atoms with Crippen LogP contribution in [0.25, 0.3) is 11.0 Å². The van der Waals surface area contributed by atoms with Crippen LogP contribution < -0.4 is 0 Å². The van der Waals surface area contributed by atoms with Crippen LogP contribution in [0.15, 0.2) is 22.6 Å². The van der Waals surface area contributed by atoms with Gasteiger partial charge in [-0.15, -0.1) is 0 Å². The Kier molecular flexibility index (Phi) is 1.74. The molecule has 2 N–H and O–H groups in total. The summed E-state index contributed by atoms with van der Waals surface area (Å²) in [5, 5.41) is 19.4. The molecule has 1 aromatic carbocycles. The first-order valence-corrected chi connectivity index (χ1v) is 5.16. The molecule has 0 bridgehead atoms. The van der Waals surface area contributed by atoms with E-state index in [2.05, 4.69) is 0 Å². The summed E-state index contributed by atoms with van der Waals surface area (Å²) in [7, 11) is 0. The molecule has 1 aliphatic carbocycles. The number of phenols is 1. The van der Waals surface area contributed by atoms with Crippen LogP contribution in [0.5, 0.6) is 5.75 Å². The lowest BCUT2D eigenvalue weighted by molar-refractivity contribution is 0.0663. The number of carbonyl (C=O) groups is 1. The second kappa shape index (κ2) is 3.01. The molecule has 4 heteroatoms. The van der Waals surface area contributed by atoms with Gasteiger partial charge in [-0.05, 0) is 30.9 Å². The molecule has 1 heterocycles. The number of benzene rings is 1. The largest absolute Gasteiger partial charge is 0.507 e. The van der Waals surface area contributed by atoms with Gasteiger partial charge in [0.15, 0.2) is 0 Å². The first kappa shape index (κ1) is 9.27. The standard InChI is InChI=1S/C12H10O4/c13-7-2-1-3-8-10(7)9(6-4-5-6)11(16-8)12(14)15/h1-3,6,13H,4-5H2,(H,14,15). The Hall–Kier alpha value is -1.97. The van der Waals surface area contributed by atoms with E-state index in [0.717, 1.165) is 12.8 Å². The molecule has 1 fully saturated rings. The van der Waals surface area contributed by atoms with Gasteiger partial charge in [-0.3, -0.25) is 0 Å². The fraction of sp³-hybridized carbons (Fsp3) is 0.250. The summed E-state index contributed by atoms with van der Waals surface area (Å²) >= 11 is 0. The zero-order chi connectivity index (χ0) is 11.3. The van der Waals surface area contributed by atoms with Gasteiger partial charge in [0.05, 0.1) is 5.39 Å². The lowest BCUT2D eigenvalue weighted by Gasteiger charge is -1.97. The van der Waals surface area contributed by atoms with Gasteiger partial charge < -0.3 is 14.6 Å². The maximum absolute atomic E-state index is 11.1. The Morgan fingerprint density at radius 3 is 2.75 bits per heavy atom. The van der Waals surface area contributed by atoms with Gasteiger partial charge >= 0.3 is 5.97 Å². The zero-order valence-electron chi connectivity index (χ0n) is 8.43. The molecule has 16 heavy (non-hydrogen) atoms. The molecular formula is C12H10O4. The zero-order valence-corrected chi connectivity index (χ0v) is 8.43. The minimum absolute atomic E-state index is 0.0287. The van der Waals surface area contributed by atoms with Gasteiger partial charge in [0, 0.05) is 5.56 Å². The van der Waals surface area contributed by atoms with Crippen molar-refractivity contribution in [2.75, 3.05) is 0 Å². The Balaban J connectivity index is 2.38. The lowest BCUT2D eigenvalue weighted by atomic mass is 10.1. The quantitative estimate of drug-likeness (QED) is 0.812. The van der Waals surface area contributed by atoms with Crippen LogP contribution in [0.4, 0.5) is 0 Å². The van der Waals surface area contributed by atoms with Gasteiger partial charge in [0.2, 0.25) is 5.76 Å². The number of furan rings is 1. The molecule has 0 radical (unpaired) electrons. The summed E-state index contributed by atoms with van der Waals surface area (Å²) in [5.74, 6) is -0.784. The van der Waals surface area contributed by atoms with Gasteiger partial charge in [-0.1, -0.05) is 6.07 Å². The van der Waals surface area contributed by atoms with Crippen molar-refractivity contribution in [1.29, 1.82) is 0 Å². The highest BCUT2D eigenvalue weighted by molar-refractivity contribution is 5.98. The van der Waals surface area contributed by atoms with Crippen molar-refractivity contribution in [1.82, 2.24) is 0 Å². The molecule has 4 nitrogen and oxygen atoms in total. The van der Waals surface area contributed by atoms with E-state index in [0.29, 0.717) is 16.5 Å². The minimum Gasteiger partial charge on any atom is -0.507 e. The van der Waals surface area contributed by atoms with Crippen LogP contribution in [0, 0.1) is 0 Å². The Morgan fingerprint density at radius 1 is 1.38 bits per heavy atom. The van der Waals surface area contributed by atoms with Gasteiger partial charge in [-0.25, -0.2) is 4.79 Å². The summed E-state index contributed by atoms with van der Waals surface area (Å²) in [6.07, 6.45) is 1.92. The molecule has 0 aliphatic heterocycles. The van der Waals surface area contributed by atoms with Crippen LogP contribution >= 0.6 is 0 Å². The van der Waals surface area contributed by atoms with Crippen molar-refractivity contribution in [3.8, 4) is 5.75 Å². The van der Waals surface area contributed by atoms with Crippen molar-refractivity contribution in [2.24, 2.45) is 0 Å². The predicted octanol–water partition coefficient (Wildman–Crippen LogP) is 2.71. The molecular weight excluding hydrogens is 208 g/mol. The highest BCUT2D eigenvalue weighted by atomic mass is 16.4. The van der Waals surface area contributed by atoms with Crippen LogP contribution in [-0.2, 0) is 0 Å². The number of carboxylic acid groups (broad SMARTS) is 1. The molecule has 0 spiro atoms. The fourth-order valence-electron chi connectivity index (χ4n) is 2.07. The topological polar surface area (TPSA) is 70.7 Å². The van der Waals surface area contributed by atoms with E-state index in [9.17, 15) is 9.90 Å². The summed E-state index contributed by atoms with van der Waals surface area (Å²) in [4.78, 5) is 11.1. The van der Waals surface area contributed by atoms with E-state index in [1.807, 2.05) is 0 Å². The van der Waals surface area contributed by atoms with E-state index < -0.39 is 5.97 Å². The molecule has 0 atom stereocenters. The maximum Gasteiger partial charge on any atom is 0.372 e. The fourth-order valence-corrected chi connectivity index (χ4v) is 2.07. The van der Waals surface area contributed by atoms with E-state index in [4.69, 9.17) is 9.52 Å². The first-order valence-electron chi connectivity index (χ1n) is 5.16. The average molecular weight is 218 g/mol. The van der Waals surface area contributed by atoms with E-state index in [1.165, 1.54) is 0 Å². The Morgan fingerprint density at radius 2 is 2.12 bits per heavy atom. The monoisotopic (exact) mass is 218 g/mol. The number of aromatic hydroxyl groups is 1. The third-order valence-corrected chi connectivity index (χ3v) is 2.91. The van der Waals surface area contributed by atoms with E-state index in [-0.39, 0.29) is 17.4 Å². The third-order valence-electron chi connectivity index (χ3n) is 2.91. The number of hydrogen-bond donors (Lipinski definition) is 2. The molecule has 1 aliphatic rings. The summed E-state index contributed by atoms with van der Waals surface area (Å²) in [5.41, 5.74) is 1.10. The second-order valence-corrected chi connectivity index (χ2v) is 4.07. The summed E-state index contributed by atoms with van der Waals surface area (Å²) in [6, 6.07) is 4.87. The number of carboxylic acids is 1. The van der Waals surface area contributed by atoms with Crippen LogP contribution in [0.1, 0.15) is 34.9 Å². The minimum atomic E-state index is -1.07. The highest BCUT2D eigenvalue weighted by Gasteiger charge is 2.34. The summed E-state index contributed by atoms with van der Waals surface area (Å²) in [6.45, 7) is 0. The van der Waals surface area contributed by atoms with Crippen LogP contribution in [0.3, 0.4) is 0 Å². The number of fused-ring (bicyclic) bond motifs is 1. The molecule has 82 valence electrons. The SMILES string of the molecule is O=C(O)c1oc2cccc(O)c2c1C1CC1. The number of rotatable bonds is 2. The molecule has 3 rings (SSSR count). The van der Waals surface area contributed by atoms with Crippen molar-refractivity contribution >= 4 is 16.9 Å². The normalized spacial score (nSPS) is 15.5. The molecule has 0 saturated heterocycles. The van der Waals surface area contributed by atoms with Gasteiger partial charge in [-0.2, -0.15) is 0 Å². The van der Waals surface area contributed by atoms with Crippen molar-refractivity contribution in [3.05, 3.63) is 29.5 Å². The lowest BCUT2D eigenvalue weighted by Crippen LogP contribution is -1.97. The molecule has 1 saturated carbocycles. The van der Waals surface area contributed by atoms with E-state index >= 15 is 0 Å². The second-order valence-electron chi connectivity index (χ2n) is 4.07. The molecule has 0 unspecified atom stereocenters. The third kappa shape index (κ3) is 1.19. The van der Waals surface area contributed by atoms with E-state index in [1.54, 1.807) is 18.2 Å². The maximum atomic E-state index is 11.1. The summed E-state index contributed by atoms with van der Waals surface area (Å²) < 4.78 is 5.28. The van der Waals surface area contributed by atoms with Crippen molar-refractivity contribution in [2.45, 2.75) is 18.8 Å². The number of phenolic OH excluding ortho intramolecular Hbond substituents is 1. The van der Waals surface area contributed by atoms with Crippen LogP contribution in [0.2, 0.25) is 0 Å². The molecule has 1 aromatic heterocycles. The predicted molar refractivity (Wildman–Crippen MR) is 56.8 cm³/mol. The van der Waals surface area contributed by atoms with Crippen LogP contribution in [-0.4, -0.2) is 16.2 Å². The first-order chi connectivity index (χ1) is 7.68. The average Bonchev–Trinajstić information content (AvgIpc) is 2.99. The Labute approximate surface area is 91.1 Å².